The molecule has 198 valence electrons. The highest BCUT2D eigenvalue weighted by molar-refractivity contribution is 7.91. The van der Waals surface area contributed by atoms with Gasteiger partial charge >= 0.3 is 6.36 Å². The van der Waals surface area contributed by atoms with Crippen molar-refractivity contribution < 1.29 is 49.5 Å². The van der Waals surface area contributed by atoms with E-state index in [-0.39, 0.29) is 40.8 Å². The summed E-state index contributed by atoms with van der Waals surface area (Å²) in [6.07, 6.45) is -3.13. The molecule has 0 bridgehead atoms. The molecule has 10 nitrogen and oxygen atoms in total. The Morgan fingerprint density at radius 1 is 1.06 bits per heavy atom. The van der Waals surface area contributed by atoms with Crippen molar-refractivity contribution in [2.24, 2.45) is 0 Å². The molecule has 1 aliphatic heterocycles. The van der Waals surface area contributed by atoms with Gasteiger partial charge in [0.2, 0.25) is 16.4 Å². The molecule has 0 radical (unpaired) electrons. The zero-order chi connectivity index (χ0) is 26.7. The highest BCUT2D eigenvalue weighted by Crippen LogP contribution is 2.30. The number of ether oxygens (including phenoxy) is 2. The van der Waals surface area contributed by atoms with E-state index in [9.17, 15) is 40.0 Å². The highest BCUT2D eigenvalue weighted by atomic mass is 32.2. The average Bonchev–Trinajstić information content (AvgIpc) is 3.28. The summed E-state index contributed by atoms with van der Waals surface area (Å²) in [5, 5.41) is 10.2. The molecule has 2 atom stereocenters. The van der Waals surface area contributed by atoms with Gasteiger partial charge < -0.3 is 9.47 Å². The molecule has 2 aromatic carbocycles. The summed E-state index contributed by atoms with van der Waals surface area (Å²) in [5.41, 5.74) is 0. The van der Waals surface area contributed by atoms with Crippen LogP contribution in [0.5, 0.6) is 17.2 Å². The van der Waals surface area contributed by atoms with Crippen LogP contribution < -0.4 is 9.47 Å². The Bertz CT molecular complexity index is 1270. The lowest BCUT2D eigenvalue weighted by Crippen LogP contribution is -2.52. The molecule has 0 aliphatic carbocycles. The number of nitrogens with zero attached hydrogens (tertiary/aromatic N) is 2. The van der Waals surface area contributed by atoms with Gasteiger partial charge in [-0.25, -0.2) is 21.9 Å². The van der Waals surface area contributed by atoms with Crippen molar-refractivity contribution in [1.29, 1.82) is 0 Å². The number of benzene rings is 2. The molecule has 15 heteroatoms. The Hall–Kier alpha value is -2.88. The van der Waals surface area contributed by atoms with Gasteiger partial charge in [-0.3, -0.25) is 10.0 Å². The number of sulfonamides is 1. The van der Waals surface area contributed by atoms with E-state index in [1.165, 1.54) is 36.4 Å². The van der Waals surface area contributed by atoms with Gasteiger partial charge in [-0.1, -0.05) is 0 Å². The number of rotatable bonds is 10. The summed E-state index contributed by atoms with van der Waals surface area (Å²) < 4.78 is 97.3. The summed E-state index contributed by atoms with van der Waals surface area (Å²) in [6, 6.07) is 7.39. The lowest BCUT2D eigenvalue weighted by Gasteiger charge is -2.32. The number of hydrogen-bond acceptors (Lipinski definition) is 8. The third kappa shape index (κ3) is 7.09. The van der Waals surface area contributed by atoms with Gasteiger partial charge in [0, 0.05) is 12.6 Å². The number of amides is 1. The molecule has 0 unspecified atom stereocenters. The SMILES string of the molecule is CS(=O)(=O)N1CCC[C@@H]1[C@H](CS(=O)(=O)c1ccc(Oc2ccc(OC(F)(F)F)cc2)cc1)N(O)C=O. The first-order valence-electron chi connectivity index (χ1n) is 10.5. The lowest BCUT2D eigenvalue weighted by atomic mass is 10.1. The van der Waals surface area contributed by atoms with E-state index < -0.39 is 49.8 Å². The minimum Gasteiger partial charge on any atom is -0.457 e. The first-order valence-corrected chi connectivity index (χ1v) is 14.0. The zero-order valence-corrected chi connectivity index (χ0v) is 20.5. The normalized spacial score (nSPS) is 18.0. The molecule has 36 heavy (non-hydrogen) atoms. The fourth-order valence-corrected chi connectivity index (χ4v) is 6.65. The standard InChI is InChI=1S/C21H23F3N2O8S2/c1-35(29,30)26-12-2-3-19(26)20(25(28)14-27)13-36(31,32)18-10-8-16(9-11-18)33-15-4-6-17(7-5-15)34-21(22,23)24/h4-11,14,19-20,28H,2-3,12-13H2,1H3/t19-,20+/m1/s1. The fraction of sp³-hybridized carbons (Fsp3) is 0.381. The lowest BCUT2D eigenvalue weighted by molar-refractivity contribution is -0.274. The molecule has 1 aliphatic rings. The van der Waals surface area contributed by atoms with Crippen LogP contribution in [0, 0.1) is 0 Å². The Balaban J connectivity index is 1.74. The zero-order valence-electron chi connectivity index (χ0n) is 18.8. The molecule has 1 saturated heterocycles. The Labute approximate surface area is 205 Å². The van der Waals surface area contributed by atoms with Crippen LogP contribution >= 0.6 is 0 Å². The van der Waals surface area contributed by atoms with Crippen LogP contribution in [0.15, 0.2) is 53.4 Å². The van der Waals surface area contributed by atoms with Crippen molar-refractivity contribution in [3.8, 4) is 17.2 Å². The monoisotopic (exact) mass is 552 g/mol. The fourth-order valence-electron chi connectivity index (χ4n) is 3.89. The number of halogens is 3. The Morgan fingerprint density at radius 3 is 2.08 bits per heavy atom. The molecule has 1 amide bonds. The van der Waals surface area contributed by atoms with E-state index in [0.29, 0.717) is 6.42 Å². The third-order valence-electron chi connectivity index (χ3n) is 5.43. The maximum Gasteiger partial charge on any atom is 0.573 e. The van der Waals surface area contributed by atoms with Crippen molar-refractivity contribution in [3.05, 3.63) is 48.5 Å². The number of alkyl halides is 3. The van der Waals surface area contributed by atoms with Crippen molar-refractivity contribution in [3.63, 3.8) is 0 Å². The maximum absolute atomic E-state index is 13.0. The Morgan fingerprint density at radius 2 is 1.58 bits per heavy atom. The third-order valence-corrected chi connectivity index (χ3v) is 8.51. The quantitative estimate of drug-likeness (QED) is 0.271. The molecule has 1 heterocycles. The molecule has 0 aromatic heterocycles. The smallest absolute Gasteiger partial charge is 0.457 e. The number of hydroxylamine groups is 2. The van der Waals surface area contributed by atoms with Crippen LogP contribution in [-0.2, 0) is 24.7 Å². The second-order valence-electron chi connectivity index (χ2n) is 8.01. The van der Waals surface area contributed by atoms with Gasteiger partial charge in [-0.05, 0) is 61.4 Å². The van der Waals surface area contributed by atoms with E-state index in [1.807, 2.05) is 0 Å². The second-order valence-corrected chi connectivity index (χ2v) is 12.0. The first kappa shape index (κ1) is 27.7. The second kappa shape index (κ2) is 10.6. The van der Waals surface area contributed by atoms with Gasteiger partial charge in [0.05, 0.1) is 22.9 Å². The van der Waals surface area contributed by atoms with E-state index in [2.05, 4.69) is 4.74 Å². The van der Waals surface area contributed by atoms with E-state index >= 15 is 0 Å². The predicted molar refractivity (Wildman–Crippen MR) is 120 cm³/mol. The minimum atomic E-state index is -4.83. The molecule has 0 spiro atoms. The number of carbonyl (C=O) groups is 1. The van der Waals surface area contributed by atoms with Gasteiger partial charge in [0.25, 0.3) is 0 Å². The molecular weight excluding hydrogens is 529 g/mol. The molecule has 3 rings (SSSR count). The maximum atomic E-state index is 13.0. The van der Waals surface area contributed by atoms with E-state index in [1.54, 1.807) is 0 Å². The van der Waals surface area contributed by atoms with Crippen molar-refractivity contribution in [2.45, 2.75) is 36.2 Å². The number of carbonyl (C=O) groups excluding carboxylic acids is 1. The van der Waals surface area contributed by atoms with Crippen LogP contribution in [0.3, 0.4) is 0 Å². The summed E-state index contributed by atoms with van der Waals surface area (Å²) in [6.45, 7) is 0.141. The van der Waals surface area contributed by atoms with Crippen molar-refractivity contribution in [2.75, 3.05) is 18.6 Å². The summed E-state index contributed by atoms with van der Waals surface area (Å²) in [5.74, 6) is -0.814. The average molecular weight is 553 g/mol. The molecule has 2 aromatic rings. The summed E-state index contributed by atoms with van der Waals surface area (Å²) in [7, 11) is -7.80. The molecule has 1 N–H and O–H groups in total. The van der Waals surface area contributed by atoms with Crippen LogP contribution in [0.2, 0.25) is 0 Å². The van der Waals surface area contributed by atoms with Crippen LogP contribution in [0.25, 0.3) is 0 Å². The number of sulfone groups is 1. The molecular formula is C21H23F3N2O8S2. The van der Waals surface area contributed by atoms with Crippen molar-refractivity contribution >= 4 is 26.3 Å². The molecule has 1 fully saturated rings. The van der Waals surface area contributed by atoms with Crippen LogP contribution in [-0.4, -0.2) is 74.8 Å². The molecule has 0 saturated carbocycles. The van der Waals surface area contributed by atoms with Crippen LogP contribution in [0.4, 0.5) is 13.2 Å². The Kier molecular flexibility index (Phi) is 8.17. The van der Waals surface area contributed by atoms with Crippen LogP contribution in [0.1, 0.15) is 12.8 Å². The topological polar surface area (TPSA) is 131 Å². The predicted octanol–water partition coefficient (Wildman–Crippen LogP) is 2.79. The largest absolute Gasteiger partial charge is 0.573 e. The van der Waals surface area contributed by atoms with Gasteiger partial charge in [-0.2, -0.15) is 4.31 Å². The van der Waals surface area contributed by atoms with Gasteiger partial charge in [0.15, 0.2) is 9.84 Å². The van der Waals surface area contributed by atoms with E-state index in [0.717, 1.165) is 22.7 Å². The number of hydrogen-bond donors (Lipinski definition) is 1. The van der Waals surface area contributed by atoms with Gasteiger partial charge in [-0.15, -0.1) is 13.2 Å². The highest BCUT2D eigenvalue weighted by Gasteiger charge is 2.41. The summed E-state index contributed by atoms with van der Waals surface area (Å²) in [4.78, 5) is 11.1. The van der Waals surface area contributed by atoms with Crippen molar-refractivity contribution in [1.82, 2.24) is 9.37 Å². The van der Waals surface area contributed by atoms with E-state index in [4.69, 9.17) is 4.74 Å². The summed E-state index contributed by atoms with van der Waals surface area (Å²) >= 11 is 0. The minimum absolute atomic E-state index is 0.0287. The van der Waals surface area contributed by atoms with Gasteiger partial charge in [0.1, 0.15) is 17.2 Å². The first-order chi connectivity index (χ1) is 16.7.